The van der Waals surface area contributed by atoms with Crippen LogP contribution in [-0.2, 0) is 6.42 Å². The molecular formula is C15H13BrF2O2. The van der Waals surface area contributed by atoms with Gasteiger partial charge < -0.3 is 9.84 Å². The van der Waals surface area contributed by atoms with Gasteiger partial charge >= 0.3 is 0 Å². The van der Waals surface area contributed by atoms with E-state index in [2.05, 4.69) is 15.9 Å². The summed E-state index contributed by atoms with van der Waals surface area (Å²) >= 11 is 3.31. The first kappa shape index (κ1) is 14.9. The van der Waals surface area contributed by atoms with E-state index in [1.165, 1.54) is 25.3 Å². The van der Waals surface area contributed by atoms with Crippen LogP contribution in [-0.4, -0.2) is 12.2 Å². The Kier molecular flexibility index (Phi) is 4.73. The van der Waals surface area contributed by atoms with Crippen LogP contribution in [0.5, 0.6) is 5.75 Å². The third kappa shape index (κ3) is 3.16. The fraction of sp³-hybridized carbons (Fsp3) is 0.200. The van der Waals surface area contributed by atoms with Crippen LogP contribution < -0.4 is 4.74 Å². The fourth-order valence-corrected chi connectivity index (χ4v) is 2.56. The van der Waals surface area contributed by atoms with Gasteiger partial charge in [-0.25, -0.2) is 8.78 Å². The Balaban J connectivity index is 2.26. The summed E-state index contributed by atoms with van der Waals surface area (Å²) in [6.07, 6.45) is -1.15. The maximum Gasteiger partial charge on any atom is 0.129 e. The Labute approximate surface area is 124 Å². The molecule has 0 fully saturated rings. The maximum absolute atomic E-state index is 13.6. The summed E-state index contributed by atoms with van der Waals surface area (Å²) in [5.74, 6) is -0.688. The lowest BCUT2D eigenvalue weighted by Gasteiger charge is -2.14. The van der Waals surface area contributed by atoms with Gasteiger partial charge in [0.15, 0.2) is 0 Å². The van der Waals surface area contributed by atoms with Gasteiger partial charge in [-0.2, -0.15) is 0 Å². The van der Waals surface area contributed by atoms with Crippen LogP contribution in [0.3, 0.4) is 0 Å². The number of hydrogen-bond donors (Lipinski definition) is 1. The third-order valence-corrected chi connectivity index (χ3v) is 3.71. The molecule has 0 bridgehead atoms. The van der Waals surface area contributed by atoms with Gasteiger partial charge in [-0.15, -0.1) is 0 Å². The summed E-state index contributed by atoms with van der Waals surface area (Å²) in [5, 5.41) is 10.2. The Morgan fingerprint density at radius 2 is 1.85 bits per heavy atom. The molecular weight excluding hydrogens is 330 g/mol. The van der Waals surface area contributed by atoms with Crippen LogP contribution in [0.2, 0.25) is 0 Å². The van der Waals surface area contributed by atoms with E-state index < -0.39 is 17.7 Å². The van der Waals surface area contributed by atoms with Crippen molar-refractivity contribution in [3.63, 3.8) is 0 Å². The number of benzene rings is 2. The van der Waals surface area contributed by atoms with Crippen LogP contribution in [0.25, 0.3) is 0 Å². The number of hydrogen-bond acceptors (Lipinski definition) is 2. The van der Waals surface area contributed by atoms with E-state index in [1.807, 2.05) is 0 Å². The Morgan fingerprint density at radius 1 is 1.20 bits per heavy atom. The van der Waals surface area contributed by atoms with Gasteiger partial charge in [0.1, 0.15) is 17.4 Å². The molecule has 20 heavy (non-hydrogen) atoms. The van der Waals surface area contributed by atoms with Gasteiger partial charge in [-0.1, -0.05) is 28.1 Å². The summed E-state index contributed by atoms with van der Waals surface area (Å²) < 4.78 is 32.8. The topological polar surface area (TPSA) is 29.5 Å². The van der Waals surface area contributed by atoms with Crippen LogP contribution in [0.4, 0.5) is 8.78 Å². The predicted molar refractivity (Wildman–Crippen MR) is 75.7 cm³/mol. The molecule has 0 aliphatic rings. The van der Waals surface area contributed by atoms with Crippen molar-refractivity contribution in [2.75, 3.05) is 7.11 Å². The second-order valence-corrected chi connectivity index (χ2v) is 5.16. The minimum absolute atomic E-state index is 0.122. The van der Waals surface area contributed by atoms with Crippen LogP contribution in [0, 0.1) is 11.6 Å². The quantitative estimate of drug-likeness (QED) is 0.909. The van der Waals surface area contributed by atoms with Crippen LogP contribution >= 0.6 is 15.9 Å². The smallest absolute Gasteiger partial charge is 0.129 e. The molecule has 2 nitrogen and oxygen atoms in total. The van der Waals surface area contributed by atoms with Gasteiger partial charge in [-0.05, 0) is 29.8 Å². The largest absolute Gasteiger partial charge is 0.497 e. The van der Waals surface area contributed by atoms with Gasteiger partial charge in [0, 0.05) is 16.5 Å². The lowest BCUT2D eigenvalue weighted by molar-refractivity contribution is 0.175. The molecule has 0 saturated heterocycles. The molecule has 2 aromatic rings. The van der Waals surface area contributed by atoms with Crippen molar-refractivity contribution >= 4 is 15.9 Å². The molecule has 0 aromatic heterocycles. The first-order valence-electron chi connectivity index (χ1n) is 5.97. The van der Waals surface area contributed by atoms with E-state index in [9.17, 15) is 13.9 Å². The average molecular weight is 343 g/mol. The van der Waals surface area contributed by atoms with Crippen molar-refractivity contribution in [2.45, 2.75) is 12.5 Å². The lowest BCUT2D eigenvalue weighted by Crippen LogP contribution is -2.06. The Morgan fingerprint density at radius 3 is 2.40 bits per heavy atom. The highest BCUT2D eigenvalue weighted by Gasteiger charge is 2.17. The number of halogens is 3. The van der Waals surface area contributed by atoms with Crippen molar-refractivity contribution in [1.82, 2.24) is 0 Å². The molecule has 0 spiro atoms. The van der Waals surface area contributed by atoms with Crippen molar-refractivity contribution < 1.29 is 18.6 Å². The van der Waals surface area contributed by atoms with Gasteiger partial charge in [0.2, 0.25) is 0 Å². The molecule has 2 rings (SSSR count). The highest BCUT2D eigenvalue weighted by Crippen LogP contribution is 2.30. The molecule has 0 saturated carbocycles. The molecule has 5 heteroatoms. The van der Waals surface area contributed by atoms with E-state index in [0.29, 0.717) is 15.8 Å². The number of methoxy groups -OCH3 is 1. The monoisotopic (exact) mass is 342 g/mol. The zero-order valence-electron chi connectivity index (χ0n) is 10.7. The van der Waals surface area contributed by atoms with Gasteiger partial charge in [0.05, 0.1) is 13.2 Å². The zero-order valence-corrected chi connectivity index (χ0v) is 12.3. The Bertz CT molecular complexity index is 597. The van der Waals surface area contributed by atoms with Gasteiger partial charge in [0.25, 0.3) is 0 Å². The van der Waals surface area contributed by atoms with Crippen molar-refractivity contribution in [1.29, 1.82) is 0 Å². The van der Waals surface area contributed by atoms with E-state index >= 15 is 0 Å². The summed E-state index contributed by atoms with van der Waals surface area (Å²) in [4.78, 5) is 0. The molecule has 106 valence electrons. The highest BCUT2D eigenvalue weighted by molar-refractivity contribution is 9.10. The van der Waals surface area contributed by atoms with Crippen molar-refractivity contribution in [2.24, 2.45) is 0 Å². The van der Waals surface area contributed by atoms with Crippen LogP contribution in [0.15, 0.2) is 40.9 Å². The number of rotatable bonds is 4. The molecule has 0 aliphatic carbocycles. The Hall–Kier alpha value is -1.46. The molecule has 1 N–H and O–H groups in total. The summed E-state index contributed by atoms with van der Waals surface area (Å²) in [6.45, 7) is 0. The van der Waals surface area contributed by atoms with Crippen molar-refractivity contribution in [3.8, 4) is 5.75 Å². The summed E-state index contributed by atoms with van der Waals surface area (Å²) in [7, 11) is 1.53. The molecule has 1 unspecified atom stereocenters. The second-order valence-electron chi connectivity index (χ2n) is 4.31. The standard InChI is InChI=1S/C15H13BrF2O2/c1-20-9-5-6-10(12(16)7-9)15(19)8-11-13(17)3-2-4-14(11)18/h2-7,15,19H,8H2,1H3. The average Bonchev–Trinajstić information content (AvgIpc) is 2.42. The minimum Gasteiger partial charge on any atom is -0.497 e. The first-order chi connectivity index (χ1) is 9.52. The minimum atomic E-state index is -1.01. The number of ether oxygens (including phenoxy) is 1. The van der Waals surface area contributed by atoms with E-state index in [-0.39, 0.29) is 12.0 Å². The lowest BCUT2D eigenvalue weighted by atomic mass is 10.0. The molecule has 0 amide bonds. The molecule has 1 atom stereocenters. The second kappa shape index (κ2) is 6.33. The maximum atomic E-state index is 13.6. The molecule has 2 aromatic carbocycles. The van der Waals surface area contributed by atoms with E-state index in [1.54, 1.807) is 18.2 Å². The third-order valence-electron chi connectivity index (χ3n) is 3.03. The zero-order chi connectivity index (χ0) is 14.7. The SMILES string of the molecule is COc1ccc(C(O)Cc2c(F)cccc2F)c(Br)c1. The number of aliphatic hydroxyl groups is 1. The first-order valence-corrected chi connectivity index (χ1v) is 6.76. The molecule has 0 aliphatic heterocycles. The number of aliphatic hydroxyl groups excluding tert-OH is 1. The predicted octanol–water partition coefficient (Wildman–Crippen LogP) is 4.01. The summed E-state index contributed by atoms with van der Waals surface area (Å²) in [5.41, 5.74) is 0.427. The van der Waals surface area contributed by atoms with Crippen LogP contribution in [0.1, 0.15) is 17.2 Å². The fourth-order valence-electron chi connectivity index (χ4n) is 1.94. The van der Waals surface area contributed by atoms with E-state index in [0.717, 1.165) is 0 Å². The van der Waals surface area contributed by atoms with Gasteiger partial charge in [-0.3, -0.25) is 0 Å². The molecule has 0 heterocycles. The van der Waals surface area contributed by atoms with Crippen molar-refractivity contribution in [3.05, 3.63) is 63.6 Å². The normalized spacial score (nSPS) is 12.2. The summed E-state index contributed by atoms with van der Waals surface area (Å²) in [6, 6.07) is 8.68. The highest BCUT2D eigenvalue weighted by atomic mass is 79.9. The van der Waals surface area contributed by atoms with E-state index in [4.69, 9.17) is 4.74 Å². The molecule has 0 radical (unpaired) electrons.